The van der Waals surface area contributed by atoms with Crippen LogP contribution < -0.4 is 5.32 Å². The third-order valence-electron chi connectivity index (χ3n) is 3.60. The minimum atomic E-state index is 0.0967. The van der Waals surface area contributed by atoms with Gasteiger partial charge in [0, 0.05) is 18.8 Å². The minimum absolute atomic E-state index is 0.0967. The van der Waals surface area contributed by atoms with E-state index in [4.69, 9.17) is 4.74 Å². The first-order valence-electron chi connectivity index (χ1n) is 7.36. The van der Waals surface area contributed by atoms with Gasteiger partial charge < -0.3 is 15.0 Å². The maximum atomic E-state index is 12.7. The van der Waals surface area contributed by atoms with E-state index in [1.165, 1.54) is 0 Å². The molecule has 1 unspecified atom stereocenters. The maximum absolute atomic E-state index is 12.7. The van der Waals surface area contributed by atoms with Crippen LogP contribution in [-0.4, -0.2) is 43.2 Å². The second-order valence-electron chi connectivity index (χ2n) is 5.40. The number of ether oxygens (including phenoxy) is 1. The van der Waals surface area contributed by atoms with Gasteiger partial charge in [0.1, 0.15) is 0 Å². The molecule has 1 fully saturated rings. The van der Waals surface area contributed by atoms with Crippen LogP contribution in [0.3, 0.4) is 0 Å². The summed E-state index contributed by atoms with van der Waals surface area (Å²) < 4.78 is 5.40. The molecule has 1 atom stereocenters. The molecule has 1 aliphatic heterocycles. The van der Waals surface area contributed by atoms with Crippen molar-refractivity contribution in [2.24, 2.45) is 0 Å². The summed E-state index contributed by atoms with van der Waals surface area (Å²) in [5, 5.41) is 3.36. The topological polar surface area (TPSA) is 41.6 Å². The number of nitrogens with zero attached hydrogens (tertiary/aromatic N) is 1. The Morgan fingerprint density at radius 3 is 3.00 bits per heavy atom. The van der Waals surface area contributed by atoms with Crippen molar-refractivity contribution in [1.29, 1.82) is 0 Å². The Morgan fingerprint density at radius 2 is 2.30 bits per heavy atom. The van der Waals surface area contributed by atoms with Gasteiger partial charge >= 0.3 is 0 Å². The van der Waals surface area contributed by atoms with E-state index in [0.29, 0.717) is 19.8 Å². The van der Waals surface area contributed by atoms with Crippen LogP contribution >= 0.6 is 0 Å². The molecule has 110 valence electrons. The summed E-state index contributed by atoms with van der Waals surface area (Å²) in [5.74, 6) is 0.0967. The Bertz CT molecular complexity index is 474. The first kappa shape index (κ1) is 14.9. The number of nitrogens with one attached hydrogen (secondary N) is 1. The van der Waals surface area contributed by atoms with Crippen LogP contribution in [0.1, 0.15) is 36.2 Å². The van der Waals surface area contributed by atoms with Gasteiger partial charge in [-0.25, -0.2) is 0 Å². The molecule has 4 heteroatoms. The number of amides is 1. The average molecular weight is 276 g/mol. The van der Waals surface area contributed by atoms with Crippen molar-refractivity contribution in [3.63, 3.8) is 0 Å². The zero-order valence-electron chi connectivity index (χ0n) is 12.6. The van der Waals surface area contributed by atoms with E-state index in [9.17, 15) is 4.79 Å². The molecular formula is C16H24N2O2. The molecule has 0 saturated carbocycles. The van der Waals surface area contributed by atoms with E-state index in [-0.39, 0.29) is 11.9 Å². The monoisotopic (exact) mass is 276 g/mol. The highest BCUT2D eigenvalue weighted by atomic mass is 16.5. The summed E-state index contributed by atoms with van der Waals surface area (Å²) in [7, 11) is 0. The van der Waals surface area contributed by atoms with Crippen molar-refractivity contribution in [2.45, 2.75) is 33.2 Å². The summed E-state index contributed by atoms with van der Waals surface area (Å²) in [6.45, 7) is 8.99. The molecule has 2 rings (SSSR count). The van der Waals surface area contributed by atoms with Gasteiger partial charge in [-0.2, -0.15) is 0 Å². The van der Waals surface area contributed by atoms with Gasteiger partial charge in [0.2, 0.25) is 0 Å². The lowest BCUT2D eigenvalue weighted by Gasteiger charge is -2.33. The molecule has 1 aromatic carbocycles. The zero-order chi connectivity index (χ0) is 14.5. The van der Waals surface area contributed by atoms with Gasteiger partial charge in [-0.1, -0.05) is 13.0 Å². The number of morpholine rings is 1. The molecule has 0 bridgehead atoms. The summed E-state index contributed by atoms with van der Waals surface area (Å²) in [6.07, 6.45) is 1.04. The Hall–Kier alpha value is -1.55. The second kappa shape index (κ2) is 6.75. The van der Waals surface area contributed by atoms with Crippen LogP contribution in [0.15, 0.2) is 18.2 Å². The summed E-state index contributed by atoms with van der Waals surface area (Å²) in [4.78, 5) is 14.6. The quantitative estimate of drug-likeness (QED) is 0.919. The van der Waals surface area contributed by atoms with Gasteiger partial charge in [-0.05, 0) is 38.0 Å². The van der Waals surface area contributed by atoms with Crippen molar-refractivity contribution < 1.29 is 9.53 Å². The Kier molecular flexibility index (Phi) is 5.01. The maximum Gasteiger partial charge on any atom is 0.256 e. The average Bonchev–Trinajstić information content (AvgIpc) is 2.45. The van der Waals surface area contributed by atoms with Crippen molar-refractivity contribution in [1.82, 2.24) is 4.90 Å². The predicted molar refractivity (Wildman–Crippen MR) is 81.3 cm³/mol. The summed E-state index contributed by atoms with van der Waals surface area (Å²) >= 11 is 0. The van der Waals surface area contributed by atoms with Crippen molar-refractivity contribution >= 4 is 11.6 Å². The van der Waals surface area contributed by atoms with Crippen LogP contribution in [0.2, 0.25) is 0 Å². The molecule has 0 aliphatic carbocycles. The minimum Gasteiger partial charge on any atom is -0.384 e. The number of hydrogen-bond acceptors (Lipinski definition) is 3. The Balaban J connectivity index is 2.23. The summed E-state index contributed by atoms with van der Waals surface area (Å²) in [6, 6.07) is 6.11. The van der Waals surface area contributed by atoms with Crippen molar-refractivity contribution in [3.8, 4) is 0 Å². The molecule has 0 aromatic heterocycles. The molecule has 20 heavy (non-hydrogen) atoms. The smallest absolute Gasteiger partial charge is 0.256 e. The highest BCUT2D eigenvalue weighted by molar-refractivity contribution is 6.00. The van der Waals surface area contributed by atoms with E-state index >= 15 is 0 Å². The predicted octanol–water partition coefficient (Wildman–Crippen LogP) is 2.68. The van der Waals surface area contributed by atoms with Crippen molar-refractivity contribution in [3.05, 3.63) is 29.3 Å². The fraction of sp³-hybridized carbons (Fsp3) is 0.562. The molecule has 1 aromatic rings. The van der Waals surface area contributed by atoms with Gasteiger partial charge in [0.05, 0.1) is 24.8 Å². The SMILES string of the molecule is CCCNc1cc(C)ccc1C(=O)N1CCOCC1C. The van der Waals surface area contributed by atoms with E-state index < -0.39 is 0 Å². The highest BCUT2D eigenvalue weighted by Gasteiger charge is 2.26. The normalized spacial score (nSPS) is 18.9. The Morgan fingerprint density at radius 1 is 1.50 bits per heavy atom. The van der Waals surface area contributed by atoms with Crippen molar-refractivity contribution in [2.75, 3.05) is 31.6 Å². The zero-order valence-corrected chi connectivity index (χ0v) is 12.6. The molecule has 0 radical (unpaired) electrons. The standard InChI is InChI=1S/C16H24N2O2/c1-4-7-17-15-10-12(2)5-6-14(15)16(19)18-8-9-20-11-13(18)3/h5-6,10,13,17H,4,7-9,11H2,1-3H3. The second-order valence-corrected chi connectivity index (χ2v) is 5.40. The van der Waals surface area contributed by atoms with E-state index in [2.05, 4.69) is 12.2 Å². The molecule has 1 aliphatic rings. The number of benzene rings is 1. The lowest BCUT2D eigenvalue weighted by atomic mass is 10.1. The van der Waals surface area contributed by atoms with Crippen LogP contribution in [0.4, 0.5) is 5.69 Å². The number of rotatable bonds is 4. The van der Waals surface area contributed by atoms with E-state index in [1.54, 1.807) is 0 Å². The lowest BCUT2D eigenvalue weighted by molar-refractivity contribution is 0.00365. The Labute approximate surface area is 121 Å². The fourth-order valence-electron chi connectivity index (χ4n) is 2.43. The third-order valence-corrected chi connectivity index (χ3v) is 3.60. The first-order chi connectivity index (χ1) is 9.63. The molecule has 1 heterocycles. The molecule has 1 saturated heterocycles. The number of anilines is 1. The number of hydrogen-bond donors (Lipinski definition) is 1. The number of carbonyl (C=O) groups excluding carboxylic acids is 1. The number of carbonyl (C=O) groups is 1. The molecule has 1 amide bonds. The van der Waals surface area contributed by atoms with Crippen LogP contribution in [0.5, 0.6) is 0 Å². The van der Waals surface area contributed by atoms with Gasteiger partial charge in [0.25, 0.3) is 5.91 Å². The van der Waals surface area contributed by atoms with E-state index in [0.717, 1.165) is 29.8 Å². The largest absolute Gasteiger partial charge is 0.384 e. The lowest BCUT2D eigenvalue weighted by Crippen LogP contribution is -2.47. The van der Waals surface area contributed by atoms with E-state index in [1.807, 2.05) is 36.9 Å². The number of aryl methyl sites for hydroxylation is 1. The third kappa shape index (κ3) is 3.31. The van der Waals surface area contributed by atoms with Crippen LogP contribution in [0.25, 0.3) is 0 Å². The van der Waals surface area contributed by atoms with Gasteiger partial charge in [-0.15, -0.1) is 0 Å². The highest BCUT2D eigenvalue weighted by Crippen LogP contribution is 2.21. The van der Waals surface area contributed by atoms with Gasteiger partial charge in [-0.3, -0.25) is 4.79 Å². The summed E-state index contributed by atoms with van der Waals surface area (Å²) in [5.41, 5.74) is 2.86. The van der Waals surface area contributed by atoms with Gasteiger partial charge in [0.15, 0.2) is 0 Å². The molecule has 4 nitrogen and oxygen atoms in total. The molecule has 1 N–H and O–H groups in total. The molecular weight excluding hydrogens is 252 g/mol. The van der Waals surface area contributed by atoms with Crippen LogP contribution in [0, 0.1) is 6.92 Å². The van der Waals surface area contributed by atoms with Crippen LogP contribution in [-0.2, 0) is 4.74 Å². The first-order valence-corrected chi connectivity index (χ1v) is 7.36. The molecule has 0 spiro atoms. The fourth-order valence-corrected chi connectivity index (χ4v) is 2.43.